The van der Waals surface area contributed by atoms with Crippen LogP contribution in [0.25, 0.3) is 0 Å². The van der Waals surface area contributed by atoms with Crippen LogP contribution in [-0.2, 0) is 12.5 Å². The number of halogens is 4. The second kappa shape index (κ2) is 6.47. The fraction of sp³-hybridized carbons (Fsp3) is 0.143. The maximum atomic E-state index is 13.0. The minimum absolute atomic E-state index is 0.189. The molecule has 0 saturated heterocycles. The molecule has 0 aliphatic heterocycles. The van der Waals surface area contributed by atoms with Crippen LogP contribution < -0.4 is 4.74 Å². The monoisotopic (exact) mass is 318 g/mol. The van der Waals surface area contributed by atoms with Gasteiger partial charge in [0.15, 0.2) is 0 Å². The van der Waals surface area contributed by atoms with Crippen molar-refractivity contribution in [3.63, 3.8) is 0 Å². The summed E-state index contributed by atoms with van der Waals surface area (Å²) in [6.45, 7) is 0.312. The van der Waals surface area contributed by atoms with Crippen LogP contribution in [0.15, 0.2) is 36.4 Å². The van der Waals surface area contributed by atoms with Crippen LogP contribution in [0.2, 0.25) is 10.0 Å². The average Bonchev–Trinajstić information content (AvgIpc) is 2.41. The number of rotatable bonds is 4. The molecule has 0 heterocycles. The number of hydrogen-bond donors (Lipinski definition) is 0. The molecular formula is C14H10Cl3FO. The maximum Gasteiger partial charge on any atom is 0.124 e. The Kier molecular flexibility index (Phi) is 4.92. The van der Waals surface area contributed by atoms with E-state index in [1.165, 1.54) is 12.1 Å². The molecule has 0 atom stereocenters. The van der Waals surface area contributed by atoms with Gasteiger partial charge in [0.1, 0.15) is 18.2 Å². The van der Waals surface area contributed by atoms with E-state index in [0.717, 1.165) is 5.56 Å². The molecule has 0 aliphatic carbocycles. The van der Waals surface area contributed by atoms with Crippen LogP contribution in [0.3, 0.4) is 0 Å². The van der Waals surface area contributed by atoms with E-state index in [4.69, 9.17) is 39.5 Å². The Morgan fingerprint density at radius 3 is 2.47 bits per heavy atom. The molecule has 0 saturated carbocycles. The van der Waals surface area contributed by atoms with E-state index in [9.17, 15) is 4.39 Å². The number of benzene rings is 2. The molecule has 0 unspecified atom stereocenters. The highest BCUT2D eigenvalue weighted by molar-refractivity contribution is 6.42. The van der Waals surface area contributed by atoms with E-state index in [1.54, 1.807) is 18.2 Å². The summed E-state index contributed by atoms with van der Waals surface area (Å²) in [5, 5.41) is 0.966. The zero-order chi connectivity index (χ0) is 13.8. The second-order valence-corrected chi connectivity index (χ2v) is 5.00. The minimum atomic E-state index is -0.336. The number of alkyl halides is 1. The van der Waals surface area contributed by atoms with Gasteiger partial charge >= 0.3 is 0 Å². The first kappa shape index (κ1) is 14.4. The molecule has 0 N–H and O–H groups in total. The van der Waals surface area contributed by atoms with Crippen LogP contribution >= 0.6 is 34.8 Å². The Bertz CT molecular complexity index is 587. The van der Waals surface area contributed by atoms with Gasteiger partial charge in [-0.1, -0.05) is 29.3 Å². The predicted molar refractivity (Wildman–Crippen MR) is 76.8 cm³/mol. The normalized spacial score (nSPS) is 10.5. The molecule has 0 aromatic heterocycles. The summed E-state index contributed by atoms with van der Waals surface area (Å²) in [5.41, 5.74) is 1.49. The molecule has 0 radical (unpaired) electrons. The largest absolute Gasteiger partial charge is 0.489 e. The van der Waals surface area contributed by atoms with Gasteiger partial charge in [0.25, 0.3) is 0 Å². The van der Waals surface area contributed by atoms with Crippen molar-refractivity contribution in [3.05, 3.63) is 63.4 Å². The second-order valence-electron chi connectivity index (χ2n) is 3.92. The van der Waals surface area contributed by atoms with Gasteiger partial charge in [-0.15, -0.1) is 11.6 Å². The Hall–Kier alpha value is -0.960. The van der Waals surface area contributed by atoms with E-state index in [-0.39, 0.29) is 11.7 Å². The van der Waals surface area contributed by atoms with E-state index >= 15 is 0 Å². The molecule has 5 heteroatoms. The van der Waals surface area contributed by atoms with Gasteiger partial charge in [-0.25, -0.2) is 4.39 Å². The first-order chi connectivity index (χ1) is 9.10. The average molecular weight is 320 g/mol. The lowest BCUT2D eigenvalue weighted by atomic mass is 10.2. The third-order valence-electron chi connectivity index (χ3n) is 2.54. The lowest BCUT2D eigenvalue weighted by molar-refractivity contribution is 0.303. The molecule has 0 fully saturated rings. The quantitative estimate of drug-likeness (QED) is 0.681. The van der Waals surface area contributed by atoms with Crippen molar-refractivity contribution in [1.82, 2.24) is 0 Å². The molecule has 100 valence electrons. The van der Waals surface area contributed by atoms with E-state index in [2.05, 4.69) is 0 Å². The van der Waals surface area contributed by atoms with Gasteiger partial charge in [0.2, 0.25) is 0 Å². The van der Waals surface area contributed by atoms with Gasteiger partial charge in [-0.2, -0.15) is 0 Å². The van der Waals surface area contributed by atoms with Crippen molar-refractivity contribution < 1.29 is 9.13 Å². The van der Waals surface area contributed by atoms with E-state index in [0.29, 0.717) is 28.0 Å². The molecule has 2 rings (SSSR count). The Morgan fingerprint density at radius 2 is 1.79 bits per heavy atom. The number of ether oxygens (including phenoxy) is 1. The van der Waals surface area contributed by atoms with Crippen molar-refractivity contribution in [3.8, 4) is 5.75 Å². The van der Waals surface area contributed by atoms with Crippen LogP contribution in [0.1, 0.15) is 11.1 Å². The summed E-state index contributed by atoms with van der Waals surface area (Å²) in [6, 6.07) is 9.50. The van der Waals surface area contributed by atoms with Crippen molar-refractivity contribution in [2.45, 2.75) is 12.5 Å². The molecule has 2 aromatic carbocycles. The third-order valence-corrected chi connectivity index (χ3v) is 3.57. The highest BCUT2D eigenvalue weighted by atomic mass is 35.5. The summed E-state index contributed by atoms with van der Waals surface area (Å²) in [4.78, 5) is 0. The van der Waals surface area contributed by atoms with Crippen LogP contribution in [0.4, 0.5) is 4.39 Å². The third kappa shape index (κ3) is 3.75. The van der Waals surface area contributed by atoms with E-state index < -0.39 is 0 Å². The summed E-state index contributed by atoms with van der Waals surface area (Å²) >= 11 is 17.5. The molecule has 1 nitrogen and oxygen atoms in total. The molecule has 2 aromatic rings. The molecular weight excluding hydrogens is 310 g/mol. The van der Waals surface area contributed by atoms with Gasteiger partial charge in [0.05, 0.1) is 15.9 Å². The van der Waals surface area contributed by atoms with Gasteiger partial charge in [-0.3, -0.25) is 0 Å². The summed E-state index contributed by atoms with van der Waals surface area (Å²) in [7, 11) is 0. The number of hydrogen-bond acceptors (Lipinski definition) is 1. The Balaban J connectivity index is 2.12. The fourth-order valence-corrected chi connectivity index (χ4v) is 2.11. The summed E-state index contributed by atoms with van der Waals surface area (Å²) in [5.74, 6) is 0.411. The van der Waals surface area contributed by atoms with Gasteiger partial charge < -0.3 is 4.74 Å². The highest BCUT2D eigenvalue weighted by Crippen LogP contribution is 2.25. The van der Waals surface area contributed by atoms with Crippen molar-refractivity contribution in [2.24, 2.45) is 0 Å². The highest BCUT2D eigenvalue weighted by Gasteiger charge is 2.06. The van der Waals surface area contributed by atoms with Crippen molar-refractivity contribution in [1.29, 1.82) is 0 Å². The van der Waals surface area contributed by atoms with Crippen molar-refractivity contribution >= 4 is 34.8 Å². The minimum Gasteiger partial charge on any atom is -0.489 e. The van der Waals surface area contributed by atoms with Crippen LogP contribution in [0, 0.1) is 5.82 Å². The predicted octanol–water partition coefficient (Wildman–Crippen LogP) is 5.45. The summed E-state index contributed by atoms with van der Waals surface area (Å²) < 4.78 is 18.7. The zero-order valence-electron chi connectivity index (χ0n) is 9.80. The van der Waals surface area contributed by atoms with Crippen molar-refractivity contribution in [2.75, 3.05) is 0 Å². The first-order valence-electron chi connectivity index (χ1n) is 5.51. The fourth-order valence-electron chi connectivity index (χ4n) is 1.58. The maximum absolute atomic E-state index is 13.0. The topological polar surface area (TPSA) is 9.23 Å². The van der Waals surface area contributed by atoms with Gasteiger partial charge in [-0.05, 0) is 35.9 Å². The molecule has 0 spiro atoms. The SMILES string of the molecule is Fc1ccc(OCc2ccc(Cl)c(Cl)c2)c(CCl)c1. The smallest absolute Gasteiger partial charge is 0.124 e. The lowest BCUT2D eigenvalue weighted by Gasteiger charge is -2.10. The Morgan fingerprint density at radius 1 is 1.00 bits per heavy atom. The van der Waals surface area contributed by atoms with Crippen LogP contribution in [0.5, 0.6) is 5.75 Å². The lowest BCUT2D eigenvalue weighted by Crippen LogP contribution is -1.98. The first-order valence-corrected chi connectivity index (χ1v) is 6.80. The molecule has 0 bridgehead atoms. The Labute approximate surface area is 125 Å². The molecule has 0 amide bonds. The molecule has 19 heavy (non-hydrogen) atoms. The van der Waals surface area contributed by atoms with Crippen LogP contribution in [-0.4, -0.2) is 0 Å². The van der Waals surface area contributed by atoms with Gasteiger partial charge in [0, 0.05) is 5.56 Å². The summed E-state index contributed by atoms with van der Waals surface area (Å²) in [6.07, 6.45) is 0. The van der Waals surface area contributed by atoms with E-state index in [1.807, 2.05) is 6.07 Å². The zero-order valence-corrected chi connectivity index (χ0v) is 12.1. The molecule has 0 aliphatic rings. The standard InChI is InChI=1S/C14H10Cl3FO/c15-7-10-6-11(18)2-4-14(10)19-8-9-1-3-12(16)13(17)5-9/h1-6H,7-8H2.